The van der Waals surface area contributed by atoms with Crippen molar-refractivity contribution in [1.82, 2.24) is 4.90 Å². The van der Waals surface area contributed by atoms with E-state index in [9.17, 15) is 4.39 Å². The van der Waals surface area contributed by atoms with Crippen molar-refractivity contribution in [1.29, 1.82) is 0 Å². The summed E-state index contributed by atoms with van der Waals surface area (Å²) in [6, 6.07) is 0. The zero-order valence-corrected chi connectivity index (χ0v) is 10.1. The lowest BCUT2D eigenvalue weighted by Crippen LogP contribution is -2.33. The van der Waals surface area contributed by atoms with Gasteiger partial charge in [-0.05, 0) is 51.2 Å². The summed E-state index contributed by atoms with van der Waals surface area (Å²) in [5.74, 6) is 0.905. The van der Waals surface area contributed by atoms with E-state index in [-0.39, 0.29) is 6.67 Å². The van der Waals surface area contributed by atoms with Gasteiger partial charge < -0.3 is 4.90 Å². The number of rotatable bonds is 4. The van der Waals surface area contributed by atoms with Gasteiger partial charge >= 0.3 is 0 Å². The Bertz CT molecular complexity index is 109. The first-order valence-electron chi connectivity index (χ1n) is 6.11. The highest BCUT2D eigenvalue weighted by atomic mass is 19.1. The second-order valence-corrected chi connectivity index (χ2v) is 3.92. The fourth-order valence-electron chi connectivity index (χ4n) is 1.72. The first kappa shape index (κ1) is 13.9. The average molecular weight is 203 g/mol. The third-order valence-corrected chi connectivity index (χ3v) is 2.73. The summed E-state index contributed by atoms with van der Waals surface area (Å²) >= 11 is 0. The maximum atomic E-state index is 11.8. The van der Waals surface area contributed by atoms with Gasteiger partial charge in [0.05, 0.1) is 6.67 Å². The van der Waals surface area contributed by atoms with Crippen molar-refractivity contribution in [2.75, 3.05) is 26.3 Å². The van der Waals surface area contributed by atoms with Crippen molar-refractivity contribution < 1.29 is 4.39 Å². The van der Waals surface area contributed by atoms with Crippen molar-refractivity contribution in [3.63, 3.8) is 0 Å². The largest absolute Gasteiger partial charge is 0.303 e. The third kappa shape index (κ3) is 6.36. The van der Waals surface area contributed by atoms with Crippen LogP contribution in [0.4, 0.5) is 4.39 Å². The summed E-state index contributed by atoms with van der Waals surface area (Å²) in [7, 11) is 0. The van der Waals surface area contributed by atoms with E-state index in [1.807, 2.05) is 13.8 Å². The Balaban J connectivity index is 0.000000791. The molecule has 0 saturated carbocycles. The van der Waals surface area contributed by atoms with Crippen LogP contribution in [0.2, 0.25) is 0 Å². The number of nitrogens with zero attached hydrogens (tertiary/aromatic N) is 1. The standard InChI is InChI=1S/C10H20FN.C2H6/c1-10-4-8-12(9-5-10)7-3-2-6-11;1-2/h10H,2-9H2,1H3;1-2H3. The molecule has 1 heterocycles. The molecule has 0 N–H and O–H groups in total. The normalized spacial score (nSPS) is 18.9. The molecule has 1 fully saturated rings. The predicted molar refractivity (Wildman–Crippen MR) is 61.4 cm³/mol. The van der Waals surface area contributed by atoms with Crippen LogP contribution in [0.1, 0.15) is 46.5 Å². The van der Waals surface area contributed by atoms with Gasteiger partial charge in [-0.1, -0.05) is 20.8 Å². The Kier molecular flexibility index (Phi) is 9.37. The van der Waals surface area contributed by atoms with Gasteiger partial charge in [-0.15, -0.1) is 0 Å². The molecule has 0 aliphatic carbocycles. The first-order valence-corrected chi connectivity index (χ1v) is 6.11. The second-order valence-electron chi connectivity index (χ2n) is 3.92. The number of piperidine rings is 1. The maximum absolute atomic E-state index is 11.8. The second kappa shape index (κ2) is 9.45. The number of unbranched alkanes of at least 4 members (excludes halogenated alkanes) is 1. The summed E-state index contributed by atoms with van der Waals surface area (Å²) in [6.45, 7) is 9.74. The summed E-state index contributed by atoms with van der Waals surface area (Å²) < 4.78 is 11.8. The van der Waals surface area contributed by atoms with Crippen LogP contribution in [-0.2, 0) is 0 Å². The maximum Gasteiger partial charge on any atom is 0.0894 e. The molecular weight excluding hydrogens is 177 g/mol. The molecule has 0 bridgehead atoms. The molecule has 1 rings (SSSR count). The van der Waals surface area contributed by atoms with Gasteiger partial charge in [0.15, 0.2) is 0 Å². The summed E-state index contributed by atoms with van der Waals surface area (Å²) in [5.41, 5.74) is 0. The van der Waals surface area contributed by atoms with Gasteiger partial charge in [0, 0.05) is 0 Å². The first-order chi connectivity index (χ1) is 6.83. The number of halogens is 1. The molecule has 1 saturated heterocycles. The molecule has 0 aromatic carbocycles. The van der Waals surface area contributed by atoms with Gasteiger partial charge in [-0.3, -0.25) is 4.39 Å². The van der Waals surface area contributed by atoms with E-state index >= 15 is 0 Å². The van der Waals surface area contributed by atoms with E-state index in [0.717, 1.165) is 25.3 Å². The van der Waals surface area contributed by atoms with E-state index in [1.165, 1.54) is 25.9 Å². The zero-order chi connectivity index (χ0) is 10.8. The van der Waals surface area contributed by atoms with Gasteiger partial charge in [-0.25, -0.2) is 0 Å². The van der Waals surface area contributed by atoms with Gasteiger partial charge in [0.1, 0.15) is 0 Å². The van der Waals surface area contributed by atoms with Crippen LogP contribution < -0.4 is 0 Å². The smallest absolute Gasteiger partial charge is 0.0894 e. The minimum Gasteiger partial charge on any atom is -0.303 e. The van der Waals surface area contributed by atoms with E-state index < -0.39 is 0 Å². The molecule has 0 radical (unpaired) electrons. The summed E-state index contributed by atoms with van der Waals surface area (Å²) in [5, 5.41) is 0. The molecule has 0 amide bonds. The lowest BCUT2D eigenvalue weighted by Gasteiger charge is -2.29. The topological polar surface area (TPSA) is 3.24 Å². The van der Waals surface area contributed by atoms with Crippen LogP contribution in [0.25, 0.3) is 0 Å². The Morgan fingerprint density at radius 1 is 1.14 bits per heavy atom. The van der Waals surface area contributed by atoms with E-state index in [2.05, 4.69) is 11.8 Å². The molecule has 1 nitrogen and oxygen atoms in total. The lowest BCUT2D eigenvalue weighted by atomic mass is 9.99. The molecule has 1 aliphatic heterocycles. The molecule has 0 aromatic heterocycles. The van der Waals surface area contributed by atoms with E-state index in [0.29, 0.717) is 0 Å². The van der Waals surface area contributed by atoms with Crippen LogP contribution in [0.5, 0.6) is 0 Å². The number of hydrogen-bond donors (Lipinski definition) is 0. The van der Waals surface area contributed by atoms with Gasteiger partial charge in [-0.2, -0.15) is 0 Å². The predicted octanol–water partition coefficient (Wildman–Crippen LogP) is 3.49. The van der Waals surface area contributed by atoms with Crippen molar-refractivity contribution >= 4 is 0 Å². The Hall–Kier alpha value is -0.110. The third-order valence-electron chi connectivity index (χ3n) is 2.73. The van der Waals surface area contributed by atoms with Gasteiger partial charge in [0.25, 0.3) is 0 Å². The highest BCUT2D eigenvalue weighted by Crippen LogP contribution is 2.15. The monoisotopic (exact) mass is 203 g/mol. The number of likely N-dealkylation sites (tertiary alicyclic amines) is 1. The van der Waals surface area contributed by atoms with Crippen molar-refractivity contribution in [2.24, 2.45) is 5.92 Å². The molecule has 0 unspecified atom stereocenters. The Morgan fingerprint density at radius 3 is 2.21 bits per heavy atom. The molecule has 0 spiro atoms. The zero-order valence-electron chi connectivity index (χ0n) is 10.1. The average Bonchev–Trinajstić information content (AvgIpc) is 2.24. The highest BCUT2D eigenvalue weighted by molar-refractivity contribution is 4.68. The van der Waals surface area contributed by atoms with E-state index in [4.69, 9.17) is 0 Å². The minimum atomic E-state index is -0.149. The minimum absolute atomic E-state index is 0.149. The quantitative estimate of drug-likeness (QED) is 0.632. The molecule has 86 valence electrons. The highest BCUT2D eigenvalue weighted by Gasteiger charge is 2.14. The molecule has 0 atom stereocenters. The fourth-order valence-corrected chi connectivity index (χ4v) is 1.72. The SMILES string of the molecule is CC.CC1CCN(CCCCF)CC1. The molecule has 1 aliphatic rings. The fraction of sp³-hybridized carbons (Fsp3) is 1.00. The van der Waals surface area contributed by atoms with Crippen LogP contribution in [0.3, 0.4) is 0 Å². The molecular formula is C12H26FN. The van der Waals surface area contributed by atoms with Crippen LogP contribution in [-0.4, -0.2) is 31.2 Å². The van der Waals surface area contributed by atoms with Crippen LogP contribution in [0.15, 0.2) is 0 Å². The summed E-state index contributed by atoms with van der Waals surface area (Å²) in [6.07, 6.45) is 4.43. The molecule has 14 heavy (non-hydrogen) atoms. The lowest BCUT2D eigenvalue weighted by molar-refractivity contribution is 0.188. The summed E-state index contributed by atoms with van der Waals surface area (Å²) in [4.78, 5) is 2.47. The van der Waals surface area contributed by atoms with E-state index in [1.54, 1.807) is 0 Å². The van der Waals surface area contributed by atoms with Crippen molar-refractivity contribution in [3.8, 4) is 0 Å². The number of hydrogen-bond acceptors (Lipinski definition) is 1. The molecule has 2 heteroatoms. The van der Waals surface area contributed by atoms with Crippen LogP contribution in [0, 0.1) is 5.92 Å². The Labute approximate surface area is 88.7 Å². The van der Waals surface area contributed by atoms with Gasteiger partial charge in [0.2, 0.25) is 0 Å². The van der Waals surface area contributed by atoms with Crippen LogP contribution >= 0.6 is 0 Å². The van der Waals surface area contributed by atoms with Crippen molar-refractivity contribution in [2.45, 2.75) is 46.5 Å². The number of alkyl halides is 1. The molecule has 0 aromatic rings. The van der Waals surface area contributed by atoms with Crippen molar-refractivity contribution in [3.05, 3.63) is 0 Å². The Morgan fingerprint density at radius 2 is 1.71 bits per heavy atom.